The Kier molecular flexibility index (Phi) is 6.40. The fourth-order valence-electron chi connectivity index (χ4n) is 1.90. The van der Waals surface area contributed by atoms with E-state index in [-0.39, 0.29) is 0 Å². The van der Waals surface area contributed by atoms with Gasteiger partial charge in [-0.05, 0) is 38.9 Å². The second-order valence-corrected chi connectivity index (χ2v) is 4.22. The van der Waals surface area contributed by atoms with Crippen LogP contribution in [0.5, 0.6) is 0 Å². The van der Waals surface area contributed by atoms with Gasteiger partial charge in [-0.15, -0.1) is 0 Å². The highest BCUT2D eigenvalue weighted by atomic mass is 15.2. The van der Waals surface area contributed by atoms with Crippen molar-refractivity contribution in [2.45, 2.75) is 25.8 Å². The number of aliphatic imine (C=N–C) groups is 1. The smallest absolute Gasteiger partial charge is 0.0941 e. The van der Waals surface area contributed by atoms with Crippen molar-refractivity contribution in [1.82, 2.24) is 15.5 Å². The van der Waals surface area contributed by atoms with Crippen molar-refractivity contribution in [3.8, 4) is 0 Å². The first-order valence-electron chi connectivity index (χ1n) is 6.21. The van der Waals surface area contributed by atoms with Gasteiger partial charge in [-0.25, -0.2) is 0 Å². The topological polar surface area (TPSA) is 39.7 Å². The molecular weight excluding hydrogens is 212 g/mol. The van der Waals surface area contributed by atoms with Gasteiger partial charge in [0.2, 0.25) is 0 Å². The largest absolute Gasteiger partial charge is 0.357 e. The fraction of sp³-hybridized carbons (Fsp3) is 0.615. The van der Waals surface area contributed by atoms with Crippen LogP contribution in [0, 0.1) is 0 Å². The quantitative estimate of drug-likeness (QED) is 0.327. The maximum Gasteiger partial charge on any atom is 0.0941 e. The van der Waals surface area contributed by atoms with Crippen molar-refractivity contribution in [2.24, 2.45) is 4.99 Å². The zero-order valence-electron chi connectivity index (χ0n) is 10.9. The summed E-state index contributed by atoms with van der Waals surface area (Å²) in [5, 5.41) is 6.70. The summed E-state index contributed by atoms with van der Waals surface area (Å²) in [5.41, 5.74) is 0. The highest BCUT2D eigenvalue weighted by molar-refractivity contribution is 5.79. The molecule has 0 bridgehead atoms. The Morgan fingerprint density at radius 1 is 1.53 bits per heavy atom. The summed E-state index contributed by atoms with van der Waals surface area (Å²) in [5.74, 6) is 0.968. The van der Waals surface area contributed by atoms with E-state index < -0.39 is 0 Å². The molecular formula is C13H24N4. The molecule has 4 nitrogen and oxygen atoms in total. The molecule has 1 aliphatic rings. The monoisotopic (exact) mass is 236 g/mol. The van der Waals surface area contributed by atoms with Crippen LogP contribution < -0.4 is 10.6 Å². The van der Waals surface area contributed by atoms with Crippen LogP contribution in [-0.2, 0) is 0 Å². The minimum atomic E-state index is 0.601. The molecule has 0 aromatic carbocycles. The Morgan fingerprint density at radius 3 is 2.82 bits per heavy atom. The van der Waals surface area contributed by atoms with Gasteiger partial charge in [0.05, 0.1) is 12.5 Å². The second-order valence-electron chi connectivity index (χ2n) is 4.22. The maximum absolute atomic E-state index is 4.11. The predicted molar refractivity (Wildman–Crippen MR) is 74.1 cm³/mol. The summed E-state index contributed by atoms with van der Waals surface area (Å²) in [6.45, 7) is 8.71. The molecule has 96 valence electrons. The summed E-state index contributed by atoms with van der Waals surface area (Å²) in [4.78, 5) is 6.44. The highest BCUT2D eigenvalue weighted by Crippen LogP contribution is 2.11. The van der Waals surface area contributed by atoms with Crippen LogP contribution in [0.25, 0.3) is 0 Å². The molecule has 4 heteroatoms. The van der Waals surface area contributed by atoms with Crippen LogP contribution in [0.3, 0.4) is 0 Å². The van der Waals surface area contributed by atoms with Crippen molar-refractivity contribution in [1.29, 1.82) is 0 Å². The number of allylic oxidation sites excluding steroid dienone is 2. The first-order valence-corrected chi connectivity index (χ1v) is 6.21. The molecule has 0 aromatic rings. The summed E-state index contributed by atoms with van der Waals surface area (Å²) in [6, 6.07) is 0.601. The molecule has 1 saturated heterocycles. The van der Waals surface area contributed by atoms with E-state index in [1.807, 2.05) is 19.1 Å². The lowest BCUT2D eigenvalue weighted by Crippen LogP contribution is -2.45. The predicted octanol–water partition coefficient (Wildman–Crippen LogP) is 1.34. The van der Waals surface area contributed by atoms with Crippen molar-refractivity contribution < 1.29 is 0 Å². The summed E-state index contributed by atoms with van der Waals surface area (Å²) in [7, 11) is 1.80. The Morgan fingerprint density at radius 2 is 2.24 bits per heavy atom. The molecule has 0 atom stereocenters. The first kappa shape index (κ1) is 13.8. The molecule has 1 aliphatic heterocycles. The van der Waals surface area contributed by atoms with E-state index in [0.29, 0.717) is 6.04 Å². The third kappa shape index (κ3) is 5.04. The molecule has 0 amide bonds. The van der Waals surface area contributed by atoms with E-state index >= 15 is 0 Å². The molecule has 17 heavy (non-hydrogen) atoms. The van der Waals surface area contributed by atoms with E-state index in [4.69, 9.17) is 0 Å². The number of rotatable bonds is 5. The van der Waals surface area contributed by atoms with Crippen molar-refractivity contribution in [2.75, 3.05) is 26.8 Å². The Labute approximate surface area is 104 Å². The van der Waals surface area contributed by atoms with Crippen molar-refractivity contribution >= 4 is 5.84 Å². The van der Waals surface area contributed by atoms with Gasteiger partial charge < -0.3 is 15.5 Å². The SMILES string of the molecule is C=C/C=C/N(CNC(C)=NC)C1CCNCC1. The van der Waals surface area contributed by atoms with Crippen LogP contribution in [0.1, 0.15) is 19.8 Å². The van der Waals surface area contributed by atoms with E-state index in [1.54, 1.807) is 7.05 Å². The van der Waals surface area contributed by atoms with E-state index in [1.165, 1.54) is 12.8 Å². The molecule has 0 unspecified atom stereocenters. The lowest BCUT2D eigenvalue weighted by molar-refractivity contribution is 0.222. The van der Waals surface area contributed by atoms with Gasteiger partial charge >= 0.3 is 0 Å². The highest BCUT2D eigenvalue weighted by Gasteiger charge is 2.17. The Balaban J connectivity index is 2.52. The zero-order chi connectivity index (χ0) is 12.5. The normalized spacial score (nSPS) is 18.4. The fourth-order valence-corrected chi connectivity index (χ4v) is 1.90. The maximum atomic E-state index is 4.11. The number of hydrogen-bond acceptors (Lipinski definition) is 3. The van der Waals surface area contributed by atoms with Gasteiger partial charge in [0.1, 0.15) is 0 Å². The van der Waals surface area contributed by atoms with E-state index in [9.17, 15) is 0 Å². The number of hydrogen-bond donors (Lipinski definition) is 2. The molecule has 2 N–H and O–H groups in total. The first-order chi connectivity index (χ1) is 8.27. The van der Waals surface area contributed by atoms with Crippen LogP contribution in [0.15, 0.2) is 29.9 Å². The van der Waals surface area contributed by atoms with Crippen LogP contribution >= 0.6 is 0 Å². The Bertz CT molecular complexity index is 277. The number of piperidine rings is 1. The lowest BCUT2D eigenvalue weighted by Gasteiger charge is -2.34. The molecule has 0 aromatic heterocycles. The van der Waals surface area contributed by atoms with E-state index in [0.717, 1.165) is 25.6 Å². The zero-order valence-corrected chi connectivity index (χ0v) is 10.9. The van der Waals surface area contributed by atoms with Gasteiger partial charge in [-0.1, -0.05) is 12.7 Å². The van der Waals surface area contributed by atoms with Crippen LogP contribution in [0.2, 0.25) is 0 Å². The second kappa shape index (κ2) is 7.90. The van der Waals surface area contributed by atoms with Gasteiger partial charge in [-0.3, -0.25) is 4.99 Å². The van der Waals surface area contributed by atoms with Crippen LogP contribution in [0.4, 0.5) is 0 Å². The average molecular weight is 236 g/mol. The standard InChI is InChI=1S/C13H24N4/c1-4-5-10-17(11-16-12(2)14-3)13-6-8-15-9-7-13/h4-5,10,13,15H,1,6-9,11H2,2-3H3,(H,14,16)/b10-5+. The molecule has 1 heterocycles. The average Bonchev–Trinajstić information content (AvgIpc) is 2.39. The van der Waals surface area contributed by atoms with Gasteiger partial charge in [0.15, 0.2) is 0 Å². The summed E-state index contributed by atoms with van der Waals surface area (Å²) < 4.78 is 0. The molecule has 0 saturated carbocycles. The molecule has 1 rings (SSSR count). The number of amidine groups is 1. The number of nitrogens with zero attached hydrogens (tertiary/aromatic N) is 2. The Hall–Kier alpha value is -1.29. The van der Waals surface area contributed by atoms with Gasteiger partial charge in [0, 0.05) is 19.3 Å². The minimum absolute atomic E-state index is 0.601. The summed E-state index contributed by atoms with van der Waals surface area (Å²) in [6.07, 6.45) is 8.28. The minimum Gasteiger partial charge on any atom is -0.357 e. The number of nitrogens with one attached hydrogen (secondary N) is 2. The molecule has 0 aliphatic carbocycles. The summed E-state index contributed by atoms with van der Waals surface area (Å²) >= 11 is 0. The van der Waals surface area contributed by atoms with Crippen LogP contribution in [-0.4, -0.2) is 43.6 Å². The van der Waals surface area contributed by atoms with Crippen molar-refractivity contribution in [3.63, 3.8) is 0 Å². The lowest BCUT2D eigenvalue weighted by atomic mass is 10.1. The van der Waals surface area contributed by atoms with Gasteiger partial charge in [0.25, 0.3) is 0 Å². The van der Waals surface area contributed by atoms with E-state index in [2.05, 4.69) is 33.3 Å². The molecule has 1 fully saturated rings. The molecule has 0 spiro atoms. The molecule has 0 radical (unpaired) electrons. The van der Waals surface area contributed by atoms with Crippen molar-refractivity contribution in [3.05, 3.63) is 24.9 Å². The third-order valence-electron chi connectivity index (χ3n) is 3.04. The third-order valence-corrected chi connectivity index (χ3v) is 3.04. The van der Waals surface area contributed by atoms with Gasteiger partial charge in [-0.2, -0.15) is 0 Å².